The Morgan fingerprint density at radius 1 is 0.640 bits per heavy atom. The fourth-order valence-corrected chi connectivity index (χ4v) is 43.6. The maximum atomic E-state index is 11.2. The molecule has 0 saturated heterocycles. The summed E-state index contributed by atoms with van der Waals surface area (Å²) in [6.07, 6.45) is 12.0. The summed E-state index contributed by atoms with van der Waals surface area (Å²) in [5.41, 5.74) is 0. The zero-order valence-electron chi connectivity index (χ0n) is 16.6. The van der Waals surface area contributed by atoms with Crippen molar-refractivity contribution in [2.75, 3.05) is 0 Å². The molecular weight excluding hydrogens is 530 g/mol. The Morgan fingerprint density at radius 3 is 1.12 bits per heavy atom. The molecule has 0 heterocycles. The summed E-state index contributed by atoms with van der Waals surface area (Å²) in [4.78, 5) is 22.4. The van der Waals surface area contributed by atoms with E-state index in [1.165, 1.54) is 0 Å². The molecule has 0 unspecified atom stereocenters. The first-order valence-electron chi connectivity index (χ1n) is 9.95. The number of carbonyl (C=O) groups excluding carboxylic acids is 2. The first-order valence-corrected chi connectivity index (χ1v) is 22.9. The molecule has 0 aromatic heterocycles. The van der Waals surface area contributed by atoms with Gasteiger partial charge in [-0.05, 0) is 0 Å². The van der Waals surface area contributed by atoms with Gasteiger partial charge >= 0.3 is 165 Å². The first kappa shape index (κ1) is 25.3. The van der Waals surface area contributed by atoms with Crippen LogP contribution in [0, 0.1) is 0 Å². The van der Waals surface area contributed by atoms with Crippen LogP contribution >= 0.6 is 0 Å². The molecule has 144 valence electrons. The fraction of sp³-hybridized carbons (Fsp3) is 0.889. The Kier molecular flexibility index (Phi) is 15.6. The van der Waals surface area contributed by atoms with Crippen LogP contribution in [0.4, 0.5) is 0 Å². The van der Waals surface area contributed by atoms with Crippen LogP contribution in [-0.2, 0) is 11.0 Å². The van der Waals surface area contributed by atoms with E-state index in [1.807, 2.05) is 12.2 Å². The molecule has 0 aromatic carbocycles. The number of hydrogen-bond donors (Lipinski definition) is 0. The summed E-state index contributed by atoms with van der Waals surface area (Å²) in [5, 5.41) is 0. The molecule has 5 nitrogen and oxygen atoms in total. The molecule has 0 aromatic rings. The number of isocyanates is 2. The minimum atomic E-state index is -3.48. The maximum absolute atomic E-state index is 11.2. The van der Waals surface area contributed by atoms with Gasteiger partial charge in [0.05, 0.1) is 0 Å². The Hall–Kier alpha value is 0.317. The third-order valence-electron chi connectivity index (χ3n) is 4.56. The zero-order valence-corrected chi connectivity index (χ0v) is 22.3. The van der Waals surface area contributed by atoms with Crippen molar-refractivity contribution in [3.63, 3.8) is 0 Å². The molecule has 0 aliphatic carbocycles. The van der Waals surface area contributed by atoms with E-state index in [-0.39, 0.29) is 0 Å². The average Bonchev–Trinajstić information content (AvgIpc) is 2.61. The van der Waals surface area contributed by atoms with Gasteiger partial charge in [-0.15, -0.1) is 0 Å². The Balaban J connectivity index is 5.77. The van der Waals surface area contributed by atoms with Gasteiger partial charge < -0.3 is 0 Å². The second-order valence-electron chi connectivity index (χ2n) is 6.81. The standard InChI is InChI=1S/4C4H9.2CNO.O.2Sn/c4*1-3-4-2;2*2-1-3;;;/h4*1,3-4H2,2H3;;;;;/q;;;;2*-1;;2*+1. The van der Waals surface area contributed by atoms with E-state index in [4.69, 9.17) is 1.41 Å². The van der Waals surface area contributed by atoms with Crippen molar-refractivity contribution in [2.45, 2.75) is 96.8 Å². The molecule has 25 heavy (non-hydrogen) atoms. The van der Waals surface area contributed by atoms with E-state index < -0.39 is 38.1 Å². The quantitative estimate of drug-likeness (QED) is 0.136. The van der Waals surface area contributed by atoms with Crippen molar-refractivity contribution in [2.24, 2.45) is 6.43 Å². The van der Waals surface area contributed by atoms with Crippen molar-refractivity contribution < 1.29 is 11.0 Å². The van der Waals surface area contributed by atoms with Crippen LogP contribution in [0.2, 0.25) is 17.7 Å². The molecule has 0 aliphatic heterocycles. The van der Waals surface area contributed by atoms with E-state index in [9.17, 15) is 9.59 Å². The minimum absolute atomic E-state index is 0.908. The van der Waals surface area contributed by atoms with Gasteiger partial charge in [-0.2, -0.15) is 0 Å². The number of nitrogens with zero attached hydrogens (tertiary/aromatic N) is 2. The predicted octanol–water partition coefficient (Wildman–Crippen LogP) is 5.76. The van der Waals surface area contributed by atoms with Gasteiger partial charge in [0.1, 0.15) is 0 Å². The van der Waals surface area contributed by atoms with Crippen LogP contribution in [0.1, 0.15) is 79.1 Å². The zero-order chi connectivity index (χ0) is 19.0. The van der Waals surface area contributed by atoms with E-state index in [0.29, 0.717) is 0 Å². The molecule has 0 spiro atoms. The van der Waals surface area contributed by atoms with Crippen LogP contribution in [0.25, 0.3) is 0 Å². The molecule has 0 saturated carbocycles. The van der Waals surface area contributed by atoms with Gasteiger partial charge in [-0.1, -0.05) is 0 Å². The van der Waals surface area contributed by atoms with Gasteiger partial charge in [0.2, 0.25) is 0 Å². The molecule has 0 atom stereocenters. The van der Waals surface area contributed by atoms with Gasteiger partial charge in [-0.3, -0.25) is 0 Å². The normalized spacial score (nSPS) is 11.7. The second kappa shape index (κ2) is 15.4. The van der Waals surface area contributed by atoms with Crippen LogP contribution in [0.5, 0.6) is 0 Å². The Bertz CT molecular complexity index is 392. The molecule has 0 amide bonds. The summed E-state index contributed by atoms with van der Waals surface area (Å²) < 4.78 is 19.2. The summed E-state index contributed by atoms with van der Waals surface area (Å²) >= 11 is -6.96. The van der Waals surface area contributed by atoms with Crippen molar-refractivity contribution in [1.29, 1.82) is 0 Å². The van der Waals surface area contributed by atoms with Gasteiger partial charge in [0, 0.05) is 0 Å². The molecule has 0 radical (unpaired) electrons. The second-order valence-corrected chi connectivity index (χ2v) is 29.1. The SMILES string of the molecule is CCC[CH2][Sn]([CH2]CCC)([N]=C=O)[O][Sn]([CH2]CCC)([CH2]CCC)[N]=C=O. The summed E-state index contributed by atoms with van der Waals surface area (Å²) in [6, 6.07) is 0. The number of unbranched alkanes of at least 4 members (excludes halogenated alkanes) is 4. The Morgan fingerprint density at radius 2 is 0.920 bits per heavy atom. The van der Waals surface area contributed by atoms with Crippen LogP contribution in [0.3, 0.4) is 0 Å². The van der Waals surface area contributed by atoms with Crippen LogP contribution < -0.4 is 0 Å². The van der Waals surface area contributed by atoms with E-state index in [2.05, 4.69) is 34.1 Å². The van der Waals surface area contributed by atoms with Gasteiger partial charge in [0.25, 0.3) is 0 Å². The average molecular weight is 566 g/mol. The molecular formula is C18H36N2O3Sn2. The third-order valence-corrected chi connectivity index (χ3v) is 37.1. The van der Waals surface area contributed by atoms with E-state index in [0.717, 1.165) is 69.1 Å². The Labute approximate surface area is 163 Å². The summed E-state index contributed by atoms with van der Waals surface area (Å²) in [5.74, 6) is 0. The predicted molar refractivity (Wildman–Crippen MR) is 108 cm³/mol. The van der Waals surface area contributed by atoms with Crippen molar-refractivity contribution in [3.8, 4) is 0 Å². The molecule has 7 heteroatoms. The topological polar surface area (TPSA) is 68.1 Å². The number of hydrogen-bond acceptors (Lipinski definition) is 5. The molecule has 0 aliphatic rings. The molecule has 0 bridgehead atoms. The number of rotatable bonds is 16. The van der Waals surface area contributed by atoms with Crippen molar-refractivity contribution >= 4 is 50.3 Å². The van der Waals surface area contributed by atoms with Crippen LogP contribution in [0.15, 0.2) is 6.43 Å². The van der Waals surface area contributed by atoms with E-state index in [1.54, 1.807) is 0 Å². The monoisotopic (exact) mass is 568 g/mol. The van der Waals surface area contributed by atoms with Crippen molar-refractivity contribution in [3.05, 3.63) is 0 Å². The molecule has 0 N–H and O–H groups in total. The van der Waals surface area contributed by atoms with Gasteiger partial charge in [-0.25, -0.2) is 0 Å². The third kappa shape index (κ3) is 10.3. The first-order chi connectivity index (χ1) is 12.1. The van der Waals surface area contributed by atoms with E-state index >= 15 is 0 Å². The fourth-order valence-electron chi connectivity index (χ4n) is 3.06. The van der Waals surface area contributed by atoms with Crippen LogP contribution in [-0.4, -0.2) is 50.3 Å². The molecule has 0 rings (SSSR count). The summed E-state index contributed by atoms with van der Waals surface area (Å²) in [6.45, 7) is 8.59. The van der Waals surface area contributed by atoms with Crippen molar-refractivity contribution in [1.82, 2.24) is 0 Å². The molecule has 0 fully saturated rings. The van der Waals surface area contributed by atoms with Gasteiger partial charge in [0.15, 0.2) is 0 Å². The summed E-state index contributed by atoms with van der Waals surface area (Å²) in [7, 11) is 0.